The van der Waals surface area contributed by atoms with Crippen LogP contribution in [0.15, 0.2) is 48.5 Å². The zero-order valence-corrected chi connectivity index (χ0v) is 12.2. The molecule has 0 aliphatic carbocycles. The largest absolute Gasteiger partial charge is 0.335 e. The van der Waals surface area contributed by atoms with E-state index in [2.05, 4.69) is 28.4 Å². The second-order valence-electron chi connectivity index (χ2n) is 5.59. The number of rotatable bonds is 1. The summed E-state index contributed by atoms with van der Waals surface area (Å²) in [6.07, 6.45) is 0.632. The third-order valence-electron chi connectivity index (χ3n) is 4.40. The van der Waals surface area contributed by atoms with Crippen molar-refractivity contribution in [3.8, 4) is 0 Å². The Labute approximate surface area is 128 Å². The van der Waals surface area contributed by atoms with Crippen LogP contribution in [0.25, 0.3) is 0 Å². The van der Waals surface area contributed by atoms with E-state index in [1.165, 1.54) is 11.1 Å². The number of amides is 1. The van der Waals surface area contributed by atoms with Gasteiger partial charge in [0.25, 0.3) is 0 Å². The molecule has 0 bridgehead atoms. The molecule has 0 radical (unpaired) electrons. The van der Waals surface area contributed by atoms with Crippen LogP contribution in [0.2, 0.25) is 5.02 Å². The van der Waals surface area contributed by atoms with Gasteiger partial charge in [-0.1, -0.05) is 54.1 Å². The number of hydrogen-bond acceptors (Lipinski definition) is 2. The Bertz CT molecular complexity index is 715. The number of nitrogens with one attached hydrogen (secondary N) is 1. The number of fused-ring (bicyclic) bond motifs is 2. The summed E-state index contributed by atoms with van der Waals surface area (Å²) in [7, 11) is 0. The minimum absolute atomic E-state index is 0.0921. The summed E-state index contributed by atoms with van der Waals surface area (Å²) in [6, 6.07) is 16.0. The van der Waals surface area contributed by atoms with E-state index in [1.807, 2.05) is 30.3 Å². The molecule has 3 nitrogen and oxygen atoms in total. The highest BCUT2D eigenvalue weighted by Crippen LogP contribution is 2.36. The van der Waals surface area contributed by atoms with Crippen molar-refractivity contribution in [3.05, 3.63) is 70.2 Å². The van der Waals surface area contributed by atoms with E-state index in [4.69, 9.17) is 11.6 Å². The molecule has 4 rings (SSSR count). The zero-order valence-electron chi connectivity index (χ0n) is 11.4. The lowest BCUT2D eigenvalue weighted by Gasteiger charge is -2.33. The molecule has 2 aliphatic rings. The van der Waals surface area contributed by atoms with Gasteiger partial charge in [0.05, 0.1) is 6.04 Å². The topological polar surface area (TPSA) is 32.3 Å². The van der Waals surface area contributed by atoms with Crippen LogP contribution in [-0.4, -0.2) is 16.8 Å². The Morgan fingerprint density at radius 2 is 1.76 bits per heavy atom. The van der Waals surface area contributed by atoms with Gasteiger partial charge in [0.15, 0.2) is 0 Å². The SMILES string of the molecule is O=C1N[C@H](c2ccccc2Cl)N2Cc3ccccc3C[C@@H]12. The molecule has 2 aliphatic heterocycles. The van der Waals surface area contributed by atoms with Gasteiger partial charge >= 0.3 is 0 Å². The van der Waals surface area contributed by atoms with Crippen molar-refractivity contribution >= 4 is 17.5 Å². The molecule has 0 unspecified atom stereocenters. The smallest absolute Gasteiger partial charge is 0.239 e. The monoisotopic (exact) mass is 298 g/mol. The van der Waals surface area contributed by atoms with Gasteiger partial charge in [-0.15, -0.1) is 0 Å². The van der Waals surface area contributed by atoms with Crippen molar-refractivity contribution in [3.63, 3.8) is 0 Å². The fourth-order valence-corrected chi connectivity index (χ4v) is 3.56. The normalized spacial score (nSPS) is 24.3. The summed E-state index contributed by atoms with van der Waals surface area (Å²) in [6.45, 7) is 0.773. The Morgan fingerprint density at radius 3 is 2.57 bits per heavy atom. The summed E-state index contributed by atoms with van der Waals surface area (Å²) in [5, 5.41) is 3.79. The minimum atomic E-state index is -0.135. The highest BCUT2D eigenvalue weighted by Gasteiger charge is 2.43. The third-order valence-corrected chi connectivity index (χ3v) is 4.74. The minimum Gasteiger partial charge on any atom is -0.335 e. The van der Waals surface area contributed by atoms with Crippen LogP contribution in [0, 0.1) is 0 Å². The lowest BCUT2D eigenvalue weighted by Crippen LogP contribution is -2.39. The van der Waals surface area contributed by atoms with Crippen molar-refractivity contribution < 1.29 is 4.79 Å². The van der Waals surface area contributed by atoms with E-state index in [1.54, 1.807) is 0 Å². The van der Waals surface area contributed by atoms with Gasteiger partial charge in [-0.3, -0.25) is 9.69 Å². The second kappa shape index (κ2) is 4.86. The van der Waals surface area contributed by atoms with Crippen molar-refractivity contribution in [2.45, 2.75) is 25.2 Å². The number of carbonyl (C=O) groups excluding carboxylic acids is 1. The Kier molecular flexibility index (Phi) is 2.98. The van der Waals surface area contributed by atoms with E-state index in [-0.39, 0.29) is 18.1 Å². The second-order valence-corrected chi connectivity index (χ2v) is 6.00. The summed E-state index contributed by atoms with van der Waals surface area (Å²) < 4.78 is 0. The van der Waals surface area contributed by atoms with E-state index < -0.39 is 0 Å². The molecule has 2 atom stereocenters. The van der Waals surface area contributed by atoms with E-state index in [9.17, 15) is 4.79 Å². The predicted octanol–water partition coefficient (Wildman–Crippen LogP) is 2.90. The van der Waals surface area contributed by atoms with Crippen LogP contribution >= 0.6 is 11.6 Å². The third kappa shape index (κ3) is 2.04. The Balaban J connectivity index is 1.74. The number of hydrogen-bond donors (Lipinski definition) is 1. The highest BCUT2D eigenvalue weighted by molar-refractivity contribution is 6.31. The first-order valence-corrected chi connectivity index (χ1v) is 7.49. The lowest BCUT2D eigenvalue weighted by atomic mass is 9.94. The summed E-state index contributed by atoms with van der Waals surface area (Å²) in [4.78, 5) is 14.5. The zero-order chi connectivity index (χ0) is 14.4. The van der Waals surface area contributed by atoms with Crippen molar-refractivity contribution in [2.75, 3.05) is 0 Å². The number of nitrogens with zero attached hydrogens (tertiary/aromatic N) is 1. The number of benzene rings is 2. The van der Waals surface area contributed by atoms with Gasteiger partial charge < -0.3 is 5.32 Å². The van der Waals surface area contributed by atoms with Gasteiger partial charge in [0.2, 0.25) is 5.91 Å². The van der Waals surface area contributed by atoms with Crippen LogP contribution in [0.4, 0.5) is 0 Å². The fraction of sp³-hybridized carbons (Fsp3) is 0.235. The molecule has 106 valence electrons. The first-order chi connectivity index (χ1) is 10.2. The lowest BCUT2D eigenvalue weighted by molar-refractivity contribution is -0.121. The number of halogens is 1. The van der Waals surface area contributed by atoms with Gasteiger partial charge in [0.1, 0.15) is 6.17 Å². The molecular weight excluding hydrogens is 284 g/mol. The van der Waals surface area contributed by atoms with Gasteiger partial charge in [-0.25, -0.2) is 0 Å². The van der Waals surface area contributed by atoms with Crippen LogP contribution in [0.1, 0.15) is 22.9 Å². The highest BCUT2D eigenvalue weighted by atomic mass is 35.5. The molecule has 0 aromatic heterocycles. The van der Waals surface area contributed by atoms with Crippen LogP contribution in [0.3, 0.4) is 0 Å². The molecule has 0 saturated carbocycles. The molecule has 0 spiro atoms. The Morgan fingerprint density at radius 1 is 1.05 bits per heavy atom. The maximum atomic E-state index is 12.3. The average Bonchev–Trinajstić information content (AvgIpc) is 2.82. The predicted molar refractivity (Wildman–Crippen MR) is 81.8 cm³/mol. The van der Waals surface area contributed by atoms with Gasteiger partial charge in [0, 0.05) is 17.1 Å². The molecule has 1 N–H and O–H groups in total. The quantitative estimate of drug-likeness (QED) is 0.878. The Hall–Kier alpha value is -1.84. The van der Waals surface area contributed by atoms with Crippen LogP contribution < -0.4 is 5.32 Å². The number of carbonyl (C=O) groups is 1. The first-order valence-electron chi connectivity index (χ1n) is 7.11. The van der Waals surface area contributed by atoms with Crippen LogP contribution in [-0.2, 0) is 17.8 Å². The van der Waals surface area contributed by atoms with E-state index in [0.29, 0.717) is 5.02 Å². The summed E-state index contributed by atoms with van der Waals surface area (Å²) >= 11 is 6.31. The van der Waals surface area contributed by atoms with Crippen molar-refractivity contribution in [1.82, 2.24) is 10.2 Å². The molecule has 2 aromatic rings. The fourth-order valence-electron chi connectivity index (χ4n) is 3.32. The average molecular weight is 299 g/mol. The molecule has 1 fully saturated rings. The summed E-state index contributed by atoms with van der Waals surface area (Å²) in [5.74, 6) is 0.0921. The van der Waals surface area contributed by atoms with Crippen molar-refractivity contribution in [1.29, 1.82) is 0 Å². The summed E-state index contributed by atoms with van der Waals surface area (Å²) in [5.41, 5.74) is 3.53. The molecule has 2 aromatic carbocycles. The molecule has 1 saturated heterocycles. The first kappa shape index (κ1) is 12.9. The van der Waals surface area contributed by atoms with Gasteiger partial charge in [-0.05, 0) is 23.6 Å². The maximum Gasteiger partial charge on any atom is 0.239 e. The van der Waals surface area contributed by atoms with Crippen LogP contribution in [0.5, 0.6) is 0 Å². The molecule has 2 heterocycles. The molecular formula is C17H15ClN2O. The van der Waals surface area contributed by atoms with E-state index in [0.717, 1.165) is 18.5 Å². The van der Waals surface area contributed by atoms with Gasteiger partial charge in [-0.2, -0.15) is 0 Å². The van der Waals surface area contributed by atoms with E-state index >= 15 is 0 Å². The molecule has 21 heavy (non-hydrogen) atoms. The standard InChI is InChI=1S/C17H15ClN2O/c18-14-8-4-3-7-13(14)16-19-17(21)15-9-11-5-1-2-6-12(11)10-20(15)16/h1-8,15-16H,9-10H2,(H,19,21)/t15-,16-/m0/s1. The molecule has 4 heteroatoms. The van der Waals surface area contributed by atoms with Crippen molar-refractivity contribution in [2.24, 2.45) is 0 Å². The maximum absolute atomic E-state index is 12.3. The molecule has 1 amide bonds.